The molecule has 2 aliphatic rings. The number of amides is 1. The molecule has 2 heterocycles. The van der Waals surface area contributed by atoms with Crippen LogP contribution in [0.1, 0.15) is 26.2 Å². The number of ether oxygens (including phenoxy) is 2. The third kappa shape index (κ3) is 6.94. The van der Waals surface area contributed by atoms with Gasteiger partial charge in [0.25, 0.3) is 0 Å². The summed E-state index contributed by atoms with van der Waals surface area (Å²) in [5.74, 6) is 0.841. The molecule has 9 heteroatoms. The van der Waals surface area contributed by atoms with Gasteiger partial charge in [0, 0.05) is 57.3 Å². The van der Waals surface area contributed by atoms with Crippen LogP contribution in [0.25, 0.3) is 0 Å². The van der Waals surface area contributed by atoms with Gasteiger partial charge in [-0.3, -0.25) is 9.69 Å². The maximum atomic E-state index is 11.7. The Morgan fingerprint density at radius 2 is 2.00 bits per heavy atom. The van der Waals surface area contributed by atoms with E-state index in [2.05, 4.69) is 15.1 Å². The Kier molecular flexibility index (Phi) is 9.19. The van der Waals surface area contributed by atoms with Crippen LogP contribution in [0.3, 0.4) is 0 Å². The highest BCUT2D eigenvalue weighted by Crippen LogP contribution is 2.28. The average Bonchev–Trinajstić information content (AvgIpc) is 2.77. The van der Waals surface area contributed by atoms with Gasteiger partial charge in [-0.05, 0) is 49.7 Å². The number of carbonyl (C=O) groups is 1. The lowest BCUT2D eigenvalue weighted by atomic mass is 10.0. The first kappa shape index (κ1) is 24.0. The van der Waals surface area contributed by atoms with Crippen molar-refractivity contribution in [3.05, 3.63) is 23.2 Å². The lowest BCUT2D eigenvalue weighted by Gasteiger charge is -2.40. The van der Waals surface area contributed by atoms with Crippen molar-refractivity contribution < 1.29 is 14.3 Å². The molecular formula is C22H33ClN4O3S. The zero-order chi connectivity index (χ0) is 22.2. The fourth-order valence-corrected chi connectivity index (χ4v) is 4.72. The first-order chi connectivity index (χ1) is 15.0. The van der Waals surface area contributed by atoms with Crippen molar-refractivity contribution in [1.82, 2.24) is 14.7 Å². The molecule has 7 nitrogen and oxygen atoms in total. The number of hydrogen-bond acceptors (Lipinski definition) is 5. The Morgan fingerprint density at radius 1 is 1.29 bits per heavy atom. The van der Waals surface area contributed by atoms with Crippen molar-refractivity contribution in [2.24, 2.45) is 0 Å². The van der Waals surface area contributed by atoms with Gasteiger partial charge < -0.3 is 24.6 Å². The first-order valence-corrected chi connectivity index (χ1v) is 11.7. The Balaban J connectivity index is 1.66. The van der Waals surface area contributed by atoms with E-state index in [0.29, 0.717) is 21.9 Å². The molecule has 1 aromatic rings. The number of methoxy groups -OCH3 is 1. The number of morpholine rings is 1. The molecule has 2 fully saturated rings. The lowest BCUT2D eigenvalue weighted by molar-refractivity contribution is -0.130. The van der Waals surface area contributed by atoms with Crippen molar-refractivity contribution in [3.63, 3.8) is 0 Å². The van der Waals surface area contributed by atoms with Crippen LogP contribution < -0.4 is 10.1 Å². The first-order valence-electron chi connectivity index (χ1n) is 10.9. The summed E-state index contributed by atoms with van der Waals surface area (Å²) in [4.78, 5) is 18.4. The predicted octanol–water partition coefficient (Wildman–Crippen LogP) is 3.08. The Hall–Kier alpha value is -1.61. The van der Waals surface area contributed by atoms with Crippen LogP contribution in [0, 0.1) is 0 Å². The largest absolute Gasteiger partial charge is 0.495 e. The number of rotatable bonds is 7. The highest BCUT2D eigenvalue weighted by Gasteiger charge is 2.27. The number of nitrogens with one attached hydrogen (secondary N) is 1. The van der Waals surface area contributed by atoms with Crippen molar-refractivity contribution in [2.45, 2.75) is 32.2 Å². The van der Waals surface area contributed by atoms with Crippen molar-refractivity contribution in [2.75, 3.05) is 64.9 Å². The summed E-state index contributed by atoms with van der Waals surface area (Å²) in [6, 6.07) is 5.76. The van der Waals surface area contributed by atoms with Crippen LogP contribution >= 0.6 is 23.8 Å². The van der Waals surface area contributed by atoms with Crippen molar-refractivity contribution in [3.8, 4) is 5.75 Å². The van der Waals surface area contributed by atoms with Gasteiger partial charge in [0.15, 0.2) is 5.11 Å². The second-order valence-electron chi connectivity index (χ2n) is 8.01. The van der Waals surface area contributed by atoms with Crippen molar-refractivity contribution in [1.29, 1.82) is 0 Å². The van der Waals surface area contributed by atoms with E-state index in [1.165, 1.54) is 0 Å². The molecule has 0 atom stereocenters. The van der Waals surface area contributed by atoms with Gasteiger partial charge in [-0.25, -0.2) is 0 Å². The van der Waals surface area contributed by atoms with Crippen LogP contribution in [0.5, 0.6) is 5.75 Å². The summed E-state index contributed by atoms with van der Waals surface area (Å²) in [5, 5.41) is 4.65. The molecule has 0 aliphatic carbocycles. The Bertz CT molecular complexity index is 752. The molecule has 0 spiro atoms. The number of benzene rings is 1. The van der Waals surface area contributed by atoms with Crippen LogP contribution in [0.4, 0.5) is 5.69 Å². The van der Waals surface area contributed by atoms with Gasteiger partial charge in [0.05, 0.1) is 26.0 Å². The van der Waals surface area contributed by atoms with Crippen molar-refractivity contribution >= 4 is 40.5 Å². The topological polar surface area (TPSA) is 57.3 Å². The number of carbonyl (C=O) groups excluding carboxylic acids is 1. The van der Waals surface area contributed by atoms with E-state index in [9.17, 15) is 4.79 Å². The van der Waals surface area contributed by atoms with E-state index >= 15 is 0 Å². The standard InChI is InChI=1S/C22H33ClN4O3S/c1-17(28)26-10-6-19(7-11-26)27(9-3-8-25-12-14-30-15-13-25)22(31)24-20-16-18(23)4-5-21(20)29-2/h4-5,16,19H,3,6-15H2,1-2H3,(H,24,31). The summed E-state index contributed by atoms with van der Waals surface area (Å²) < 4.78 is 10.9. The predicted molar refractivity (Wildman–Crippen MR) is 128 cm³/mol. The molecule has 0 radical (unpaired) electrons. The van der Waals surface area contributed by atoms with Gasteiger partial charge in [0.1, 0.15) is 5.75 Å². The fourth-order valence-electron chi connectivity index (χ4n) is 4.20. The normalized spacial score (nSPS) is 18.0. The highest BCUT2D eigenvalue weighted by molar-refractivity contribution is 7.80. The lowest BCUT2D eigenvalue weighted by Crippen LogP contribution is -2.50. The fraction of sp³-hybridized carbons (Fsp3) is 0.636. The Labute approximate surface area is 195 Å². The highest BCUT2D eigenvalue weighted by atomic mass is 35.5. The summed E-state index contributed by atoms with van der Waals surface area (Å²) in [6.07, 6.45) is 2.83. The molecule has 0 saturated carbocycles. The number of anilines is 1. The molecule has 3 rings (SSSR count). The molecule has 0 bridgehead atoms. The molecule has 2 aliphatic heterocycles. The zero-order valence-electron chi connectivity index (χ0n) is 18.4. The minimum Gasteiger partial charge on any atom is -0.495 e. The van der Waals surface area contributed by atoms with Gasteiger partial charge in [0.2, 0.25) is 5.91 Å². The van der Waals surface area contributed by atoms with E-state index in [1.807, 2.05) is 17.0 Å². The molecule has 1 N–H and O–H groups in total. The minimum absolute atomic E-state index is 0.140. The molecule has 0 aromatic heterocycles. The van der Waals surface area contributed by atoms with Crippen LogP contribution in [-0.4, -0.2) is 91.4 Å². The number of likely N-dealkylation sites (tertiary alicyclic amines) is 1. The molecule has 172 valence electrons. The molecule has 1 amide bonds. The summed E-state index contributed by atoms with van der Waals surface area (Å²) >= 11 is 12.0. The number of nitrogens with zero attached hydrogens (tertiary/aromatic N) is 3. The number of piperidine rings is 1. The van der Waals surface area contributed by atoms with E-state index in [4.69, 9.17) is 33.3 Å². The van der Waals surface area contributed by atoms with Crippen LogP contribution in [-0.2, 0) is 9.53 Å². The van der Waals surface area contributed by atoms with Gasteiger partial charge in [-0.1, -0.05) is 11.6 Å². The summed E-state index contributed by atoms with van der Waals surface area (Å²) in [7, 11) is 1.63. The molecule has 0 unspecified atom stereocenters. The maximum absolute atomic E-state index is 11.7. The maximum Gasteiger partial charge on any atom is 0.219 e. The van der Waals surface area contributed by atoms with Gasteiger partial charge in [-0.15, -0.1) is 0 Å². The van der Waals surface area contributed by atoms with E-state index in [-0.39, 0.29) is 5.91 Å². The smallest absolute Gasteiger partial charge is 0.219 e. The molecule has 2 saturated heterocycles. The zero-order valence-corrected chi connectivity index (χ0v) is 20.0. The minimum atomic E-state index is 0.140. The molecule has 31 heavy (non-hydrogen) atoms. The van der Waals surface area contributed by atoms with E-state index < -0.39 is 0 Å². The summed E-state index contributed by atoms with van der Waals surface area (Å²) in [6.45, 7) is 8.64. The SMILES string of the molecule is COc1ccc(Cl)cc1NC(=S)N(CCCN1CCOCC1)C1CCN(C(C)=O)CC1. The number of halogens is 1. The number of thiocarbonyl (C=S) groups is 1. The third-order valence-electron chi connectivity index (χ3n) is 5.99. The quantitative estimate of drug-likeness (QED) is 0.617. The monoisotopic (exact) mass is 468 g/mol. The molecular weight excluding hydrogens is 436 g/mol. The second-order valence-corrected chi connectivity index (χ2v) is 8.84. The van der Waals surface area contributed by atoms with Crippen LogP contribution in [0.15, 0.2) is 18.2 Å². The average molecular weight is 469 g/mol. The molecule has 1 aromatic carbocycles. The Morgan fingerprint density at radius 3 is 2.65 bits per heavy atom. The summed E-state index contributed by atoms with van der Waals surface area (Å²) in [5.41, 5.74) is 0.763. The van der Waals surface area contributed by atoms with E-state index in [1.54, 1.807) is 20.1 Å². The second kappa shape index (κ2) is 11.9. The third-order valence-corrected chi connectivity index (χ3v) is 6.56. The van der Waals surface area contributed by atoms with Crippen LogP contribution in [0.2, 0.25) is 5.02 Å². The van der Waals surface area contributed by atoms with Gasteiger partial charge >= 0.3 is 0 Å². The van der Waals surface area contributed by atoms with Gasteiger partial charge in [-0.2, -0.15) is 0 Å². The van der Waals surface area contributed by atoms with E-state index in [0.717, 1.165) is 77.4 Å². The number of hydrogen-bond donors (Lipinski definition) is 1.